The zero-order valence-corrected chi connectivity index (χ0v) is 63.2. The highest BCUT2D eigenvalue weighted by Crippen LogP contribution is 2.61. The molecule has 532 valence electrons. The van der Waals surface area contributed by atoms with Gasteiger partial charge in [-0.05, 0) is 204 Å². The molecule has 2 fully saturated rings. The first kappa shape index (κ1) is 67.3. The minimum atomic E-state index is -1.04. The van der Waals surface area contributed by atoms with Crippen LogP contribution in [-0.2, 0) is 0 Å². The highest BCUT2D eigenvalue weighted by molar-refractivity contribution is 7.81. The van der Waals surface area contributed by atoms with E-state index in [1.807, 2.05) is 0 Å². The van der Waals surface area contributed by atoms with Gasteiger partial charge in [-0.25, -0.2) is 0 Å². The van der Waals surface area contributed by atoms with E-state index in [0.717, 1.165) is 100 Å². The van der Waals surface area contributed by atoms with Gasteiger partial charge in [-0.15, -0.1) is 13.2 Å². The zero-order valence-electron chi connectivity index (χ0n) is 59.7. The second-order valence-electron chi connectivity index (χ2n) is 29.4. The highest BCUT2D eigenvalue weighted by Gasteiger charge is 2.52. The molecule has 9 aliphatic rings. The SMILES string of the molecule is C1=C[C@H]2C[C@@H]1C1CC3Oc4ccc(P(c5ccccc5)c5ccccc5)c(c4O3)-c3c(P(c4ccccc4)c4ccccc4)ccc4c3OC(CC12)O4.C=CC1C[C@@H](C=C)C2CC3Oc4ccc(P(c5ccccc5)c5ccccc5)c(c4O3)-c3c(P(c4ccccc4)c4ccccc4)ccc4c3OC(CC12)O4. The molecule has 0 saturated heterocycles. The Bertz CT molecular complexity index is 4860. The maximum absolute atomic E-state index is 7.19. The molecule has 6 aliphatic heterocycles. The molecule has 8 nitrogen and oxygen atoms in total. The molecule has 0 aromatic heterocycles. The maximum Gasteiger partial charge on any atom is 0.241 e. The fourth-order valence-electron chi connectivity index (χ4n) is 18.8. The average Bonchev–Trinajstić information content (AvgIpc) is 1.37. The Morgan fingerprint density at radius 1 is 0.231 bits per heavy atom. The summed E-state index contributed by atoms with van der Waals surface area (Å²) in [6, 6.07) is 105. The van der Waals surface area contributed by atoms with Gasteiger partial charge in [0.1, 0.15) is 0 Å². The van der Waals surface area contributed by atoms with E-state index in [1.165, 1.54) is 70.1 Å². The van der Waals surface area contributed by atoms with Crippen LogP contribution in [0.3, 0.4) is 0 Å². The smallest absolute Gasteiger partial charge is 0.241 e. The van der Waals surface area contributed by atoms with Gasteiger partial charge < -0.3 is 37.9 Å². The Morgan fingerprint density at radius 2 is 0.444 bits per heavy atom. The van der Waals surface area contributed by atoms with E-state index >= 15 is 0 Å². The van der Waals surface area contributed by atoms with Crippen molar-refractivity contribution in [3.63, 3.8) is 0 Å². The van der Waals surface area contributed by atoms with E-state index in [2.05, 4.69) is 329 Å². The lowest BCUT2D eigenvalue weighted by Gasteiger charge is -2.31. The predicted molar refractivity (Wildman–Crippen MR) is 444 cm³/mol. The molecule has 0 amide bonds. The maximum atomic E-state index is 7.19. The predicted octanol–water partition coefficient (Wildman–Crippen LogP) is 17.4. The first-order valence-corrected chi connectivity index (χ1v) is 43.4. The second-order valence-corrected chi connectivity index (χ2v) is 38.2. The monoisotopic (exact) mass is 1480 g/mol. The van der Waals surface area contributed by atoms with E-state index in [1.54, 1.807) is 0 Å². The van der Waals surface area contributed by atoms with Crippen molar-refractivity contribution in [1.29, 1.82) is 0 Å². The molecule has 12 heteroatoms. The Labute approximate surface area is 637 Å². The van der Waals surface area contributed by atoms with E-state index < -0.39 is 44.3 Å². The minimum absolute atomic E-state index is 0.280. The Hall–Kier alpha value is -10.0. The summed E-state index contributed by atoms with van der Waals surface area (Å²) in [4.78, 5) is 0. The molecule has 108 heavy (non-hydrogen) atoms. The number of allylic oxidation sites excluding steroid dienone is 4. The summed E-state index contributed by atoms with van der Waals surface area (Å²) in [6.45, 7) is 8.54. The van der Waals surface area contributed by atoms with Gasteiger partial charge in [-0.2, -0.15) is 0 Å². The number of rotatable bonds is 14. The molecule has 0 radical (unpaired) electrons. The van der Waals surface area contributed by atoms with Crippen LogP contribution in [0.25, 0.3) is 22.3 Å². The van der Waals surface area contributed by atoms with Crippen molar-refractivity contribution >= 4 is 95.3 Å². The van der Waals surface area contributed by atoms with Crippen LogP contribution in [0.1, 0.15) is 38.5 Å². The number of fused-ring (bicyclic) bond motifs is 12. The summed E-state index contributed by atoms with van der Waals surface area (Å²) in [6.07, 6.45) is 12.9. The summed E-state index contributed by atoms with van der Waals surface area (Å²) in [7, 11) is -4.10. The quantitative estimate of drug-likeness (QED) is 0.0788. The summed E-state index contributed by atoms with van der Waals surface area (Å²) in [5.74, 6) is 9.53. The number of hydrogen-bond acceptors (Lipinski definition) is 8. The number of ether oxygens (including phenoxy) is 8. The Morgan fingerprint density at radius 3 is 0.657 bits per heavy atom. The Kier molecular flexibility index (Phi) is 18.0. The van der Waals surface area contributed by atoms with Crippen molar-refractivity contribution in [1.82, 2.24) is 0 Å². The number of hydrogen-bond donors (Lipinski definition) is 0. The van der Waals surface area contributed by atoms with Crippen molar-refractivity contribution < 1.29 is 37.9 Å². The average molecular weight is 1490 g/mol. The van der Waals surface area contributed by atoms with Crippen LogP contribution in [0.2, 0.25) is 0 Å². The summed E-state index contributed by atoms with van der Waals surface area (Å²) in [5.41, 5.74) is 4.18. The van der Waals surface area contributed by atoms with Gasteiger partial charge >= 0.3 is 0 Å². The van der Waals surface area contributed by atoms with Gasteiger partial charge in [0.2, 0.25) is 25.2 Å². The summed E-state index contributed by atoms with van der Waals surface area (Å²) >= 11 is 0. The van der Waals surface area contributed by atoms with Gasteiger partial charge in [-0.3, -0.25) is 0 Å². The summed E-state index contributed by atoms with van der Waals surface area (Å²) in [5, 5.41) is 15.0. The third kappa shape index (κ3) is 12.1. The van der Waals surface area contributed by atoms with Crippen molar-refractivity contribution in [2.75, 3.05) is 0 Å². The molecule has 2 saturated carbocycles. The molecular formula is C96H80O8P4. The standard InChI is InChI=1S/C49H42O4P2.C47H38O4P2/c1-3-32-29-33(4-2)39-31-45-51-41-26-28-43(55(36-21-13-7-14-22-36)37-23-15-8-16-24-37)47(49(41)53-45)46-42(27-25-40-48(46)52-44(50-40)30-38(32)39)54(34-17-9-5-10-18-34)35-19-11-6-12-20-35;1-5-13-32(14-6-1)52(33-15-7-2-8-16-33)40-25-23-38-46-44(40)45-41(53(34-17-9-3-10-18-34)35-19-11-4-12-20-35)26-24-39-47(45)51-43(49-39)29-37-31-22-21-30(27-31)36(37)28-42(48-38)50-46/h3-28,32-33,38-39,44-45H,1-2,29-31H2;1-26,30-31,36-37,42-43H,27-29H2/t32-,33?,38?,39?,44?,45?;30-,31+,36?,37?,42?,43?/m1./s1. The van der Waals surface area contributed by atoms with Crippen LogP contribution in [-0.4, -0.2) is 25.2 Å². The van der Waals surface area contributed by atoms with E-state index in [-0.39, 0.29) is 24.4 Å². The third-order valence-corrected chi connectivity index (χ3v) is 33.4. The van der Waals surface area contributed by atoms with Gasteiger partial charge in [0.15, 0.2) is 46.0 Å². The molecule has 9 unspecified atom stereocenters. The van der Waals surface area contributed by atoms with Crippen LogP contribution in [0.4, 0.5) is 0 Å². The molecule has 0 N–H and O–H groups in total. The zero-order chi connectivity index (χ0) is 71.8. The first-order valence-electron chi connectivity index (χ1n) is 38.0. The Balaban J connectivity index is 0.000000142. The fraction of sp³-hybridized carbons (Fsp3) is 0.188. The second kappa shape index (κ2) is 28.8. The molecular weight excluding hydrogens is 1400 g/mol. The lowest BCUT2D eigenvalue weighted by molar-refractivity contribution is -0.00992. The van der Waals surface area contributed by atoms with Gasteiger partial charge in [0.05, 0.1) is 0 Å². The lowest BCUT2D eigenvalue weighted by Crippen LogP contribution is -2.33. The van der Waals surface area contributed by atoms with Crippen LogP contribution in [0, 0.1) is 47.3 Å². The molecule has 21 rings (SSSR count). The van der Waals surface area contributed by atoms with Crippen LogP contribution in [0.15, 0.2) is 329 Å². The van der Waals surface area contributed by atoms with E-state index in [4.69, 9.17) is 37.9 Å². The van der Waals surface area contributed by atoms with Crippen molar-refractivity contribution in [3.05, 3.63) is 329 Å². The van der Waals surface area contributed by atoms with Crippen LogP contribution < -0.4 is 102 Å². The van der Waals surface area contributed by atoms with Gasteiger partial charge in [0.25, 0.3) is 0 Å². The minimum Gasteiger partial charge on any atom is -0.451 e. The van der Waals surface area contributed by atoms with Crippen LogP contribution in [0.5, 0.6) is 46.0 Å². The highest BCUT2D eigenvalue weighted by atomic mass is 31.1. The van der Waals surface area contributed by atoms with E-state index in [0.29, 0.717) is 35.5 Å². The largest absolute Gasteiger partial charge is 0.451 e. The fourth-order valence-corrected chi connectivity index (χ4v) is 28.6. The third-order valence-electron chi connectivity index (χ3n) is 23.5. The van der Waals surface area contributed by atoms with Crippen molar-refractivity contribution in [2.45, 2.75) is 63.7 Å². The molecule has 6 heterocycles. The molecule has 12 atom stereocenters. The van der Waals surface area contributed by atoms with Crippen molar-refractivity contribution in [3.8, 4) is 68.2 Å². The van der Waals surface area contributed by atoms with E-state index in [9.17, 15) is 0 Å². The van der Waals surface area contributed by atoms with Crippen LogP contribution >= 0.6 is 31.7 Å². The first-order chi connectivity index (χ1) is 53.4. The number of benzene rings is 12. The molecule has 3 aliphatic carbocycles. The summed E-state index contributed by atoms with van der Waals surface area (Å²) < 4.78 is 56.1. The molecule has 12 aromatic carbocycles. The normalized spacial score (nSPS) is 23.6. The van der Waals surface area contributed by atoms with Gasteiger partial charge in [0, 0.05) is 47.9 Å². The molecule has 12 aromatic rings. The van der Waals surface area contributed by atoms with Crippen molar-refractivity contribution in [2.24, 2.45) is 47.3 Å². The topological polar surface area (TPSA) is 73.8 Å². The lowest BCUT2D eigenvalue weighted by atomic mass is 9.79. The van der Waals surface area contributed by atoms with Gasteiger partial charge in [-0.1, -0.05) is 267 Å². The molecule has 0 spiro atoms. The molecule has 10 bridgehead atoms.